The molecule has 0 aromatic heterocycles. The zero-order valence-corrected chi connectivity index (χ0v) is 16.3. The molecule has 0 radical (unpaired) electrons. The van der Waals surface area contributed by atoms with Crippen molar-refractivity contribution in [2.45, 2.75) is 32.4 Å². The van der Waals surface area contributed by atoms with E-state index in [0.717, 1.165) is 12.0 Å². The van der Waals surface area contributed by atoms with Gasteiger partial charge in [-0.1, -0.05) is 49.4 Å². The van der Waals surface area contributed by atoms with Crippen molar-refractivity contribution >= 4 is 15.7 Å². The van der Waals surface area contributed by atoms with E-state index in [9.17, 15) is 13.2 Å². The maximum absolute atomic E-state index is 12.8. The van der Waals surface area contributed by atoms with Crippen LogP contribution in [0.3, 0.4) is 0 Å². The van der Waals surface area contributed by atoms with E-state index in [2.05, 4.69) is 6.92 Å². The molecule has 27 heavy (non-hydrogen) atoms. The molecule has 1 fully saturated rings. The Labute approximate surface area is 160 Å². The van der Waals surface area contributed by atoms with E-state index in [1.54, 1.807) is 17.0 Å². The summed E-state index contributed by atoms with van der Waals surface area (Å²) >= 11 is 0. The highest BCUT2D eigenvalue weighted by atomic mass is 32.2. The fourth-order valence-electron chi connectivity index (χ4n) is 3.26. The van der Waals surface area contributed by atoms with E-state index in [0.29, 0.717) is 18.7 Å². The summed E-state index contributed by atoms with van der Waals surface area (Å²) in [5, 5.41) is 0. The molecule has 1 heterocycles. The Bertz CT molecular complexity index is 863. The Hall–Kier alpha value is -2.34. The molecule has 2 aromatic rings. The standard InChI is InChI=1S/C21H25NO4S/c1-2-17-8-10-18(11-9-17)14-22(19-12-13-27(24,25)16-19)21(23)15-26-20-6-4-3-5-7-20/h3-11,19H,2,12-16H2,1H3/t19-/m0/s1. The minimum absolute atomic E-state index is 0.0249. The molecule has 5 nitrogen and oxygen atoms in total. The van der Waals surface area contributed by atoms with Crippen molar-refractivity contribution in [3.63, 3.8) is 0 Å². The number of hydrogen-bond donors (Lipinski definition) is 0. The Balaban J connectivity index is 1.73. The lowest BCUT2D eigenvalue weighted by molar-refractivity contribution is -0.136. The van der Waals surface area contributed by atoms with E-state index in [-0.39, 0.29) is 30.1 Å². The number of aryl methyl sites for hydroxylation is 1. The Morgan fingerprint density at radius 1 is 1.07 bits per heavy atom. The van der Waals surface area contributed by atoms with Gasteiger partial charge in [0, 0.05) is 12.6 Å². The molecule has 0 unspecified atom stereocenters. The molecule has 0 aliphatic carbocycles. The maximum atomic E-state index is 12.8. The molecule has 1 atom stereocenters. The zero-order chi connectivity index (χ0) is 19.3. The molecule has 2 aromatic carbocycles. The molecule has 1 aliphatic rings. The van der Waals surface area contributed by atoms with Gasteiger partial charge < -0.3 is 9.64 Å². The van der Waals surface area contributed by atoms with Crippen molar-refractivity contribution in [1.82, 2.24) is 4.90 Å². The molecule has 0 saturated carbocycles. The summed E-state index contributed by atoms with van der Waals surface area (Å²) in [6.07, 6.45) is 1.43. The van der Waals surface area contributed by atoms with Crippen LogP contribution in [0, 0.1) is 0 Å². The highest BCUT2D eigenvalue weighted by Gasteiger charge is 2.34. The SMILES string of the molecule is CCc1ccc(CN(C(=O)COc2ccccc2)[C@H]2CCS(=O)(=O)C2)cc1. The third kappa shape index (κ3) is 5.32. The fraction of sp³-hybridized carbons (Fsp3) is 0.381. The lowest BCUT2D eigenvalue weighted by Crippen LogP contribution is -2.43. The number of ether oxygens (including phenoxy) is 1. The monoisotopic (exact) mass is 387 g/mol. The predicted octanol–water partition coefficient (Wildman–Crippen LogP) is 2.84. The van der Waals surface area contributed by atoms with E-state index >= 15 is 0 Å². The van der Waals surface area contributed by atoms with Crippen LogP contribution in [-0.4, -0.2) is 43.4 Å². The van der Waals surface area contributed by atoms with Gasteiger partial charge in [0.15, 0.2) is 16.4 Å². The van der Waals surface area contributed by atoms with Gasteiger partial charge in [-0.3, -0.25) is 4.79 Å². The average molecular weight is 388 g/mol. The first-order valence-corrected chi connectivity index (χ1v) is 11.0. The first-order valence-electron chi connectivity index (χ1n) is 9.22. The molecule has 1 aliphatic heterocycles. The highest BCUT2D eigenvalue weighted by molar-refractivity contribution is 7.91. The van der Waals surface area contributed by atoms with Gasteiger partial charge in [0.25, 0.3) is 5.91 Å². The van der Waals surface area contributed by atoms with Crippen molar-refractivity contribution < 1.29 is 17.9 Å². The van der Waals surface area contributed by atoms with Crippen molar-refractivity contribution in [2.24, 2.45) is 0 Å². The Kier molecular flexibility index (Phi) is 6.16. The largest absolute Gasteiger partial charge is 0.484 e. The van der Waals surface area contributed by atoms with Gasteiger partial charge in [0.1, 0.15) is 5.75 Å². The van der Waals surface area contributed by atoms with Crippen LogP contribution in [0.4, 0.5) is 0 Å². The first kappa shape index (κ1) is 19.4. The number of nitrogens with zero attached hydrogens (tertiary/aromatic N) is 1. The van der Waals surface area contributed by atoms with Crippen LogP contribution in [0.25, 0.3) is 0 Å². The van der Waals surface area contributed by atoms with Crippen LogP contribution in [-0.2, 0) is 27.6 Å². The molecule has 1 saturated heterocycles. The summed E-state index contributed by atoms with van der Waals surface area (Å²) in [7, 11) is -3.08. The number of rotatable bonds is 7. The van der Waals surface area contributed by atoms with Gasteiger partial charge in [0.05, 0.1) is 11.5 Å². The summed E-state index contributed by atoms with van der Waals surface area (Å²) in [5.41, 5.74) is 2.22. The molecule has 0 bridgehead atoms. The number of benzene rings is 2. The topological polar surface area (TPSA) is 63.7 Å². The summed E-state index contributed by atoms with van der Waals surface area (Å²) in [6.45, 7) is 2.38. The smallest absolute Gasteiger partial charge is 0.261 e. The molecule has 6 heteroatoms. The second-order valence-electron chi connectivity index (χ2n) is 6.85. The van der Waals surface area contributed by atoms with Crippen molar-refractivity contribution in [3.8, 4) is 5.75 Å². The summed E-state index contributed by atoms with van der Waals surface area (Å²) in [5.74, 6) is 0.588. The quantitative estimate of drug-likeness (QED) is 0.733. The number of carbonyl (C=O) groups excluding carboxylic acids is 1. The number of hydrogen-bond acceptors (Lipinski definition) is 4. The van der Waals surface area contributed by atoms with Crippen LogP contribution >= 0.6 is 0 Å². The van der Waals surface area contributed by atoms with Crippen molar-refractivity contribution in [3.05, 3.63) is 65.7 Å². The minimum Gasteiger partial charge on any atom is -0.484 e. The normalized spacial score (nSPS) is 18.2. The molecule has 3 rings (SSSR count). The van der Waals surface area contributed by atoms with Gasteiger partial charge in [0.2, 0.25) is 0 Å². The summed E-state index contributed by atoms with van der Waals surface area (Å²) in [4.78, 5) is 14.5. The van der Waals surface area contributed by atoms with E-state index in [1.165, 1.54) is 5.56 Å². The lowest BCUT2D eigenvalue weighted by Gasteiger charge is -2.28. The number of sulfone groups is 1. The van der Waals surface area contributed by atoms with Crippen LogP contribution in [0.15, 0.2) is 54.6 Å². The van der Waals surface area contributed by atoms with Gasteiger partial charge in [-0.05, 0) is 36.1 Å². The average Bonchev–Trinajstić information content (AvgIpc) is 3.05. The van der Waals surface area contributed by atoms with Gasteiger partial charge >= 0.3 is 0 Å². The van der Waals surface area contributed by atoms with Gasteiger partial charge in [-0.2, -0.15) is 0 Å². The second-order valence-corrected chi connectivity index (χ2v) is 9.08. The highest BCUT2D eigenvalue weighted by Crippen LogP contribution is 2.21. The summed E-state index contributed by atoms with van der Waals surface area (Å²) in [6, 6.07) is 16.9. The van der Waals surface area contributed by atoms with Crippen molar-refractivity contribution in [1.29, 1.82) is 0 Å². The van der Waals surface area contributed by atoms with E-state index in [1.807, 2.05) is 42.5 Å². The van der Waals surface area contributed by atoms with E-state index < -0.39 is 9.84 Å². The second kappa shape index (κ2) is 8.57. The molecule has 0 spiro atoms. The molecular formula is C21H25NO4S. The van der Waals surface area contributed by atoms with Crippen molar-refractivity contribution in [2.75, 3.05) is 18.1 Å². The Morgan fingerprint density at radius 2 is 1.74 bits per heavy atom. The molecule has 144 valence electrons. The molecular weight excluding hydrogens is 362 g/mol. The maximum Gasteiger partial charge on any atom is 0.261 e. The van der Waals surface area contributed by atoms with Gasteiger partial charge in [-0.15, -0.1) is 0 Å². The Morgan fingerprint density at radius 3 is 2.33 bits per heavy atom. The van der Waals surface area contributed by atoms with Gasteiger partial charge in [-0.25, -0.2) is 8.42 Å². The molecule has 1 amide bonds. The third-order valence-electron chi connectivity index (χ3n) is 4.86. The third-order valence-corrected chi connectivity index (χ3v) is 6.61. The predicted molar refractivity (Wildman–Crippen MR) is 105 cm³/mol. The summed E-state index contributed by atoms with van der Waals surface area (Å²) < 4.78 is 29.4. The van der Waals surface area contributed by atoms with E-state index in [4.69, 9.17) is 4.74 Å². The lowest BCUT2D eigenvalue weighted by atomic mass is 10.1. The van der Waals surface area contributed by atoms with Crippen LogP contribution in [0.2, 0.25) is 0 Å². The van der Waals surface area contributed by atoms with Crippen LogP contribution in [0.5, 0.6) is 5.75 Å². The zero-order valence-electron chi connectivity index (χ0n) is 15.5. The number of para-hydroxylation sites is 1. The van der Waals surface area contributed by atoms with Crippen LogP contribution < -0.4 is 4.74 Å². The number of carbonyl (C=O) groups is 1. The minimum atomic E-state index is -3.08. The fourth-order valence-corrected chi connectivity index (χ4v) is 4.99. The number of amides is 1. The first-order chi connectivity index (χ1) is 13.0. The molecule has 0 N–H and O–H groups in total. The van der Waals surface area contributed by atoms with Crippen LogP contribution in [0.1, 0.15) is 24.5 Å².